The van der Waals surface area contributed by atoms with Crippen LogP contribution in [0, 0.1) is 16.7 Å². The van der Waals surface area contributed by atoms with Crippen LogP contribution in [-0.4, -0.2) is 5.78 Å². The first-order chi connectivity index (χ1) is 7.35. The first kappa shape index (κ1) is 13.7. The maximum absolute atomic E-state index is 12.1. The fraction of sp³-hybridized carbons (Fsp3) is 0.933. The van der Waals surface area contributed by atoms with E-state index >= 15 is 0 Å². The third-order valence-corrected chi connectivity index (χ3v) is 4.87. The Morgan fingerprint density at radius 1 is 0.938 bits per heavy atom. The summed E-state index contributed by atoms with van der Waals surface area (Å²) in [6, 6.07) is 0. The number of unbranched alkanes of at least 4 members (excludes halogenated alkanes) is 4. The van der Waals surface area contributed by atoms with E-state index in [1.165, 1.54) is 25.7 Å². The fourth-order valence-corrected chi connectivity index (χ4v) is 3.05. The van der Waals surface area contributed by atoms with Gasteiger partial charge < -0.3 is 0 Å². The van der Waals surface area contributed by atoms with Gasteiger partial charge in [-0.25, -0.2) is 0 Å². The van der Waals surface area contributed by atoms with Crippen molar-refractivity contribution in [1.82, 2.24) is 0 Å². The molecule has 0 N–H and O–H groups in total. The van der Waals surface area contributed by atoms with Gasteiger partial charge in [-0.05, 0) is 17.3 Å². The number of carbonyl (C=O) groups is 1. The van der Waals surface area contributed by atoms with Crippen molar-refractivity contribution in [3.63, 3.8) is 0 Å². The molecule has 0 spiro atoms. The molecular formula is C15H28O. The number of ketones is 1. The molecule has 1 fully saturated rings. The normalized spacial score (nSPS) is 22.1. The molecule has 1 aliphatic rings. The minimum atomic E-state index is 0.230. The maximum Gasteiger partial charge on any atom is 0.137 e. The molecule has 94 valence electrons. The van der Waals surface area contributed by atoms with Gasteiger partial charge in [-0.2, -0.15) is 0 Å². The maximum atomic E-state index is 12.1. The third kappa shape index (κ3) is 2.49. The summed E-state index contributed by atoms with van der Waals surface area (Å²) in [5.74, 6) is 0.817. The molecule has 0 atom stereocenters. The van der Waals surface area contributed by atoms with E-state index in [-0.39, 0.29) is 10.8 Å². The average Bonchev–Trinajstić information content (AvgIpc) is 2.57. The molecule has 0 saturated heterocycles. The van der Waals surface area contributed by atoms with Gasteiger partial charge in [0.25, 0.3) is 0 Å². The molecule has 0 aromatic heterocycles. The smallest absolute Gasteiger partial charge is 0.137 e. The Labute approximate surface area is 101 Å². The van der Waals surface area contributed by atoms with Crippen LogP contribution in [0.1, 0.15) is 73.1 Å². The van der Waals surface area contributed by atoms with Gasteiger partial charge >= 0.3 is 0 Å². The predicted molar refractivity (Wildman–Crippen MR) is 69.4 cm³/mol. The number of hydrogen-bond acceptors (Lipinski definition) is 1. The molecule has 0 amide bonds. The van der Waals surface area contributed by atoms with Gasteiger partial charge in [0.2, 0.25) is 0 Å². The van der Waals surface area contributed by atoms with Gasteiger partial charge in [-0.3, -0.25) is 4.79 Å². The first-order valence-electron chi connectivity index (χ1n) is 6.88. The minimum absolute atomic E-state index is 0.230. The zero-order chi connectivity index (χ0) is 12.4. The lowest BCUT2D eigenvalue weighted by Crippen LogP contribution is -2.06. The van der Waals surface area contributed by atoms with Gasteiger partial charge in [0.05, 0.1) is 0 Å². The summed E-state index contributed by atoms with van der Waals surface area (Å²) in [6.45, 7) is 11.1. The zero-order valence-corrected chi connectivity index (χ0v) is 11.7. The second-order valence-corrected chi connectivity index (χ2v) is 6.51. The zero-order valence-electron chi connectivity index (χ0n) is 11.7. The van der Waals surface area contributed by atoms with Crippen molar-refractivity contribution in [2.45, 2.75) is 73.1 Å². The molecule has 0 aliphatic heterocycles. The Morgan fingerprint density at radius 2 is 1.44 bits per heavy atom. The fourth-order valence-electron chi connectivity index (χ4n) is 3.05. The van der Waals surface area contributed by atoms with Crippen molar-refractivity contribution in [1.29, 1.82) is 0 Å². The topological polar surface area (TPSA) is 17.1 Å². The molecule has 1 heteroatoms. The molecule has 1 rings (SSSR count). The van der Waals surface area contributed by atoms with Crippen LogP contribution >= 0.6 is 0 Å². The molecule has 0 unspecified atom stereocenters. The summed E-state index contributed by atoms with van der Waals surface area (Å²) >= 11 is 0. The third-order valence-electron chi connectivity index (χ3n) is 4.87. The summed E-state index contributed by atoms with van der Waals surface area (Å²) in [6.07, 6.45) is 7.02. The van der Waals surface area contributed by atoms with Crippen molar-refractivity contribution in [3.05, 3.63) is 0 Å². The summed E-state index contributed by atoms with van der Waals surface area (Å²) in [5.41, 5.74) is 0.459. The number of Topliss-reactive ketones (excluding diaryl/α,β-unsaturated/α-hetero) is 1. The van der Waals surface area contributed by atoms with E-state index in [4.69, 9.17) is 0 Å². The van der Waals surface area contributed by atoms with Crippen LogP contribution in [0.5, 0.6) is 0 Å². The second kappa shape index (κ2) is 4.89. The van der Waals surface area contributed by atoms with Crippen LogP contribution in [0.4, 0.5) is 0 Å². The van der Waals surface area contributed by atoms with Crippen LogP contribution in [-0.2, 0) is 4.79 Å². The molecule has 0 heterocycles. The van der Waals surface area contributed by atoms with Crippen LogP contribution in [0.2, 0.25) is 0 Å². The van der Waals surface area contributed by atoms with Crippen molar-refractivity contribution in [2.24, 2.45) is 16.7 Å². The van der Waals surface area contributed by atoms with E-state index in [0.29, 0.717) is 11.7 Å². The van der Waals surface area contributed by atoms with Crippen LogP contribution in [0.25, 0.3) is 0 Å². The number of carbonyl (C=O) groups excluding carboxylic acids is 1. The highest BCUT2D eigenvalue weighted by atomic mass is 16.1. The van der Waals surface area contributed by atoms with Crippen molar-refractivity contribution >= 4 is 5.78 Å². The molecule has 16 heavy (non-hydrogen) atoms. The monoisotopic (exact) mass is 224 g/mol. The molecule has 1 nitrogen and oxygen atoms in total. The SMILES string of the molecule is CCCCCCCC(=O)C1C(C)(C)C1(C)C. The van der Waals surface area contributed by atoms with Gasteiger partial charge in [0, 0.05) is 12.3 Å². The Kier molecular flexibility index (Phi) is 4.20. The standard InChI is InChI=1S/C15H28O/c1-6-7-8-9-10-11-12(16)13-14(2,3)15(13,4)5/h13H,6-11H2,1-5H3. The molecular weight excluding hydrogens is 196 g/mol. The number of rotatable bonds is 7. The van der Waals surface area contributed by atoms with E-state index in [9.17, 15) is 4.79 Å². The van der Waals surface area contributed by atoms with Gasteiger partial charge in [0.15, 0.2) is 0 Å². The highest BCUT2D eigenvalue weighted by Gasteiger charge is 2.67. The number of hydrogen-bond donors (Lipinski definition) is 0. The predicted octanol–water partition coefficient (Wildman–Crippen LogP) is 4.60. The summed E-state index contributed by atoms with van der Waals surface area (Å²) in [4.78, 5) is 12.1. The lowest BCUT2D eigenvalue weighted by Gasteiger charge is -2.03. The quantitative estimate of drug-likeness (QED) is 0.578. The van der Waals surface area contributed by atoms with E-state index < -0.39 is 0 Å². The molecule has 0 bridgehead atoms. The van der Waals surface area contributed by atoms with E-state index in [0.717, 1.165) is 12.8 Å². The van der Waals surface area contributed by atoms with Crippen molar-refractivity contribution < 1.29 is 4.79 Å². The Balaban J connectivity index is 2.23. The molecule has 1 aliphatic carbocycles. The molecule has 0 radical (unpaired) electrons. The van der Waals surface area contributed by atoms with Crippen LogP contribution in [0.3, 0.4) is 0 Å². The lowest BCUT2D eigenvalue weighted by atomic mass is 10.0. The van der Waals surface area contributed by atoms with E-state index in [1.54, 1.807) is 0 Å². The largest absolute Gasteiger partial charge is 0.299 e. The average molecular weight is 224 g/mol. The van der Waals surface area contributed by atoms with E-state index in [2.05, 4.69) is 34.6 Å². The van der Waals surface area contributed by atoms with Gasteiger partial charge in [-0.1, -0.05) is 60.3 Å². The summed E-state index contributed by atoms with van der Waals surface area (Å²) < 4.78 is 0. The summed E-state index contributed by atoms with van der Waals surface area (Å²) in [7, 11) is 0. The Morgan fingerprint density at radius 3 is 1.88 bits per heavy atom. The van der Waals surface area contributed by atoms with Gasteiger partial charge in [0.1, 0.15) is 5.78 Å². The van der Waals surface area contributed by atoms with E-state index in [1.807, 2.05) is 0 Å². The summed E-state index contributed by atoms with van der Waals surface area (Å²) in [5, 5.41) is 0. The van der Waals surface area contributed by atoms with Crippen molar-refractivity contribution in [3.8, 4) is 0 Å². The molecule has 0 aromatic rings. The minimum Gasteiger partial charge on any atom is -0.299 e. The van der Waals surface area contributed by atoms with Crippen LogP contribution < -0.4 is 0 Å². The lowest BCUT2D eigenvalue weighted by molar-refractivity contribution is -0.121. The Bertz CT molecular complexity index is 236. The highest BCUT2D eigenvalue weighted by molar-refractivity contribution is 5.86. The molecule has 0 aromatic carbocycles. The van der Waals surface area contributed by atoms with Crippen molar-refractivity contribution in [2.75, 3.05) is 0 Å². The molecule has 1 saturated carbocycles. The van der Waals surface area contributed by atoms with Crippen LogP contribution in [0.15, 0.2) is 0 Å². The second-order valence-electron chi connectivity index (χ2n) is 6.51. The van der Waals surface area contributed by atoms with Gasteiger partial charge in [-0.15, -0.1) is 0 Å². The first-order valence-corrected chi connectivity index (χ1v) is 6.88. The highest BCUT2D eigenvalue weighted by Crippen LogP contribution is 2.68. The Hall–Kier alpha value is -0.330.